The van der Waals surface area contributed by atoms with E-state index in [0.29, 0.717) is 0 Å². The van der Waals surface area contributed by atoms with E-state index < -0.39 is 0 Å². The average Bonchev–Trinajstić information content (AvgIpc) is 3.67. The number of aryl methyl sites for hydroxylation is 3. The van der Waals surface area contributed by atoms with Gasteiger partial charge in [-0.3, -0.25) is 14.6 Å². The zero-order valence-corrected chi connectivity index (χ0v) is 36.5. The van der Waals surface area contributed by atoms with Crippen molar-refractivity contribution in [2.45, 2.75) is 67.7 Å². The molecule has 0 saturated carbocycles. The molecule has 0 spiro atoms. The summed E-state index contributed by atoms with van der Waals surface area (Å²) >= 11 is 0. The average molecular weight is 787 g/mol. The van der Waals surface area contributed by atoms with Gasteiger partial charge in [-0.05, 0) is 116 Å². The largest absolute Gasteiger partial charge is 0.292 e. The molecule has 0 radical (unpaired) electrons. The number of fused-ring (bicyclic) bond motifs is 1. The van der Waals surface area contributed by atoms with Crippen LogP contribution in [0.3, 0.4) is 0 Å². The second-order valence-corrected chi connectivity index (χ2v) is 15.5. The Balaban J connectivity index is 0.000000536. The van der Waals surface area contributed by atoms with Crippen LogP contribution in [0.1, 0.15) is 80.3 Å². The highest BCUT2D eigenvalue weighted by atomic mass is 15.1. The fourth-order valence-corrected chi connectivity index (χ4v) is 7.17. The molecule has 2 atom stereocenters. The Morgan fingerprint density at radius 3 is 1.65 bits per heavy atom. The zero-order chi connectivity index (χ0) is 42.4. The van der Waals surface area contributed by atoms with Gasteiger partial charge in [-0.1, -0.05) is 167 Å². The number of rotatable bonds is 9. The molecule has 4 nitrogen and oxygen atoms in total. The van der Waals surface area contributed by atoms with Gasteiger partial charge in [0.2, 0.25) is 0 Å². The summed E-state index contributed by atoms with van der Waals surface area (Å²) in [5.74, 6) is 1.20. The minimum atomic E-state index is 0.0988. The van der Waals surface area contributed by atoms with Crippen LogP contribution in [0, 0.1) is 26.7 Å². The monoisotopic (exact) mass is 786 g/mol. The third kappa shape index (κ3) is 10.7. The van der Waals surface area contributed by atoms with Gasteiger partial charge < -0.3 is 0 Å². The topological polar surface area (TPSA) is 42.5 Å². The first kappa shape index (κ1) is 42.9. The van der Waals surface area contributed by atoms with Crippen molar-refractivity contribution in [1.29, 1.82) is 0 Å². The van der Waals surface area contributed by atoms with E-state index in [1.807, 2.05) is 24.3 Å². The molecule has 1 aromatic heterocycles. The van der Waals surface area contributed by atoms with Crippen LogP contribution < -0.4 is 0 Å². The SMILES string of the molecule is CC(=Nc1ccccc1C)c1cc(C(=Nc2ccccc2C)C(C)C(C)c2ccccc2)cc(-c2nc3ccccc3n2-c2ccccc2)c1.CCC.Cc1ccccc1. The molecule has 4 heteroatoms. The van der Waals surface area contributed by atoms with Crippen molar-refractivity contribution in [3.8, 4) is 17.1 Å². The molecule has 2 unspecified atom stereocenters. The van der Waals surface area contributed by atoms with Crippen molar-refractivity contribution in [3.63, 3.8) is 0 Å². The molecule has 7 aromatic carbocycles. The van der Waals surface area contributed by atoms with Gasteiger partial charge in [0.1, 0.15) is 5.82 Å². The molecule has 0 aliphatic carbocycles. The quantitative estimate of drug-likeness (QED) is 0.134. The van der Waals surface area contributed by atoms with E-state index in [0.717, 1.165) is 73.2 Å². The highest BCUT2D eigenvalue weighted by Crippen LogP contribution is 2.35. The first-order valence-electron chi connectivity index (χ1n) is 21.2. The molecule has 0 aliphatic heterocycles. The number of imidazole rings is 1. The normalized spacial score (nSPS) is 12.5. The molecule has 0 saturated heterocycles. The summed E-state index contributed by atoms with van der Waals surface area (Å²) in [4.78, 5) is 15.9. The number of nitrogens with zero attached hydrogens (tertiary/aromatic N) is 4. The second kappa shape index (κ2) is 20.9. The lowest BCUT2D eigenvalue weighted by molar-refractivity contribution is 0.624. The fraction of sp³-hybridized carbons (Fsp3) is 0.196. The molecular formula is C56H58N4. The summed E-state index contributed by atoms with van der Waals surface area (Å²) in [5.41, 5.74) is 15.0. The van der Waals surface area contributed by atoms with Crippen LogP contribution in [0.4, 0.5) is 11.4 Å². The molecule has 8 aromatic rings. The molecule has 0 amide bonds. The van der Waals surface area contributed by atoms with Crippen LogP contribution in [0.2, 0.25) is 0 Å². The predicted octanol–water partition coefficient (Wildman–Crippen LogP) is 15.4. The zero-order valence-electron chi connectivity index (χ0n) is 36.5. The maximum atomic E-state index is 5.48. The van der Waals surface area contributed by atoms with Crippen molar-refractivity contribution in [3.05, 3.63) is 215 Å². The number of aromatic nitrogens is 2. The minimum Gasteiger partial charge on any atom is -0.292 e. The van der Waals surface area contributed by atoms with Gasteiger partial charge in [0.15, 0.2) is 0 Å². The summed E-state index contributed by atoms with van der Waals surface area (Å²) in [6.07, 6.45) is 1.25. The van der Waals surface area contributed by atoms with Gasteiger partial charge in [0, 0.05) is 22.9 Å². The van der Waals surface area contributed by atoms with Crippen molar-refractivity contribution in [1.82, 2.24) is 9.55 Å². The summed E-state index contributed by atoms with van der Waals surface area (Å²) in [5, 5.41) is 0. The lowest BCUT2D eigenvalue weighted by Gasteiger charge is -2.24. The molecule has 0 fully saturated rings. The van der Waals surface area contributed by atoms with Crippen molar-refractivity contribution < 1.29 is 0 Å². The van der Waals surface area contributed by atoms with E-state index >= 15 is 0 Å². The van der Waals surface area contributed by atoms with Gasteiger partial charge in [-0.2, -0.15) is 0 Å². The van der Waals surface area contributed by atoms with E-state index in [2.05, 4.69) is 218 Å². The van der Waals surface area contributed by atoms with Crippen molar-refractivity contribution in [2.24, 2.45) is 15.9 Å². The lowest BCUT2D eigenvalue weighted by atomic mass is 9.82. The van der Waals surface area contributed by atoms with E-state index in [9.17, 15) is 0 Å². The lowest BCUT2D eigenvalue weighted by Crippen LogP contribution is -2.20. The predicted molar refractivity (Wildman–Crippen MR) is 258 cm³/mol. The number of benzene rings is 7. The van der Waals surface area contributed by atoms with Crippen LogP contribution in [0.5, 0.6) is 0 Å². The first-order valence-corrected chi connectivity index (χ1v) is 21.2. The Morgan fingerprint density at radius 2 is 1.07 bits per heavy atom. The van der Waals surface area contributed by atoms with Crippen LogP contribution >= 0.6 is 0 Å². The number of aliphatic imine (C=N–C) groups is 2. The highest BCUT2D eigenvalue weighted by Gasteiger charge is 2.24. The van der Waals surface area contributed by atoms with Gasteiger partial charge in [0.05, 0.1) is 28.1 Å². The first-order chi connectivity index (χ1) is 29.2. The van der Waals surface area contributed by atoms with Crippen molar-refractivity contribution >= 4 is 33.8 Å². The molecule has 8 rings (SSSR count). The molecule has 0 bridgehead atoms. The van der Waals surface area contributed by atoms with Crippen LogP contribution in [-0.4, -0.2) is 21.0 Å². The molecule has 60 heavy (non-hydrogen) atoms. The minimum absolute atomic E-state index is 0.0988. The highest BCUT2D eigenvalue weighted by molar-refractivity contribution is 6.08. The van der Waals surface area contributed by atoms with Gasteiger partial charge in [0.25, 0.3) is 0 Å². The maximum absolute atomic E-state index is 5.48. The van der Waals surface area contributed by atoms with E-state index in [1.165, 1.54) is 17.5 Å². The Bertz CT molecular complexity index is 2650. The van der Waals surface area contributed by atoms with Gasteiger partial charge >= 0.3 is 0 Å². The molecule has 0 aliphatic rings. The third-order valence-corrected chi connectivity index (χ3v) is 10.7. The smallest absolute Gasteiger partial charge is 0.145 e. The molecule has 302 valence electrons. The van der Waals surface area contributed by atoms with Crippen molar-refractivity contribution in [2.75, 3.05) is 0 Å². The Labute approximate surface area is 358 Å². The maximum Gasteiger partial charge on any atom is 0.145 e. The fourth-order valence-electron chi connectivity index (χ4n) is 7.17. The Hall–Kier alpha value is -6.65. The molecule has 1 heterocycles. The van der Waals surface area contributed by atoms with Crippen LogP contribution in [-0.2, 0) is 0 Å². The number of hydrogen-bond acceptors (Lipinski definition) is 3. The summed E-state index contributed by atoms with van der Waals surface area (Å²) < 4.78 is 2.26. The molecule has 0 N–H and O–H groups in total. The number of hydrogen-bond donors (Lipinski definition) is 0. The van der Waals surface area contributed by atoms with Crippen LogP contribution in [0.15, 0.2) is 192 Å². The van der Waals surface area contributed by atoms with Crippen LogP contribution in [0.25, 0.3) is 28.1 Å². The van der Waals surface area contributed by atoms with Gasteiger partial charge in [-0.25, -0.2) is 4.98 Å². The van der Waals surface area contributed by atoms with E-state index in [-0.39, 0.29) is 11.8 Å². The van der Waals surface area contributed by atoms with E-state index in [4.69, 9.17) is 15.0 Å². The van der Waals surface area contributed by atoms with Gasteiger partial charge in [-0.15, -0.1) is 0 Å². The number of para-hydroxylation sites is 5. The Morgan fingerprint density at radius 1 is 0.567 bits per heavy atom. The van der Waals surface area contributed by atoms with E-state index in [1.54, 1.807) is 0 Å². The Kier molecular flexibility index (Phi) is 14.9. The standard InChI is InChI=1S/C46H42N4.C7H8.C3H8/c1-31-18-12-14-24-41(31)47-35(5)37-28-38(45(48-42-25-15-13-19-32(42)2)34(4)33(3)36-20-8-6-9-21-36)30-39(29-37)46-49-43-26-16-17-27-44(43)50(46)40-22-10-7-11-23-40;1-7-5-3-2-4-6-7;1-3-2/h6-30,33-34H,1-5H3;2-6H,1H3;3H2,1-2H3. The second-order valence-electron chi connectivity index (χ2n) is 15.5. The summed E-state index contributed by atoms with van der Waals surface area (Å²) in [6, 6.07) is 63.3. The third-order valence-electron chi connectivity index (χ3n) is 10.7. The summed E-state index contributed by atoms with van der Waals surface area (Å²) in [6.45, 7) is 17.3. The molecular weight excluding hydrogens is 729 g/mol. The summed E-state index contributed by atoms with van der Waals surface area (Å²) in [7, 11) is 0.